The third-order valence-electron chi connectivity index (χ3n) is 3.89. The molecule has 1 saturated heterocycles. The summed E-state index contributed by atoms with van der Waals surface area (Å²) in [5.41, 5.74) is -0.139. The van der Waals surface area contributed by atoms with Gasteiger partial charge in [0.1, 0.15) is 0 Å². The number of anilines is 1. The monoisotopic (exact) mass is 272 g/mol. The topological polar surface area (TPSA) is 69.8 Å². The van der Waals surface area contributed by atoms with Crippen LogP contribution in [0.2, 0.25) is 0 Å². The molecule has 3 N–H and O–H groups in total. The molecule has 5 nitrogen and oxygen atoms in total. The average Bonchev–Trinajstić information content (AvgIpc) is 2.51. The normalized spacial score (nSPS) is 19.1. The molecule has 1 aliphatic rings. The second-order valence-electron chi connectivity index (χ2n) is 5.31. The fourth-order valence-electron chi connectivity index (χ4n) is 2.78. The Hall–Kier alpha value is -1.88. The summed E-state index contributed by atoms with van der Waals surface area (Å²) in [5, 5.41) is 15.1. The summed E-state index contributed by atoms with van der Waals surface area (Å²) in [4.78, 5) is 11.7. The van der Waals surface area contributed by atoms with Gasteiger partial charge in [-0.1, -0.05) is 24.6 Å². The van der Waals surface area contributed by atoms with E-state index in [1.165, 1.54) is 19.3 Å². The van der Waals surface area contributed by atoms with Gasteiger partial charge < -0.3 is 10.6 Å². The fraction of sp³-hybridized carbons (Fsp3) is 0.467. The number of hydrogen-bond acceptors (Lipinski definition) is 4. The lowest BCUT2D eigenvalue weighted by Crippen LogP contribution is -2.35. The first-order valence-electron chi connectivity index (χ1n) is 7.29. The van der Waals surface area contributed by atoms with Gasteiger partial charge in [0.15, 0.2) is 5.82 Å². The Morgan fingerprint density at radius 1 is 1.25 bits per heavy atom. The first-order valence-corrected chi connectivity index (χ1v) is 7.29. The lowest BCUT2D eigenvalue weighted by Gasteiger charge is -2.23. The van der Waals surface area contributed by atoms with E-state index in [0.29, 0.717) is 11.4 Å². The van der Waals surface area contributed by atoms with E-state index in [1.54, 1.807) is 0 Å². The molecule has 2 heterocycles. The summed E-state index contributed by atoms with van der Waals surface area (Å²) in [5.74, 6) is 0.760. The van der Waals surface area contributed by atoms with E-state index in [2.05, 4.69) is 20.8 Å². The van der Waals surface area contributed by atoms with E-state index in [-0.39, 0.29) is 5.56 Å². The number of nitrogens with zero attached hydrogens (tertiary/aromatic N) is 1. The Kier molecular flexibility index (Phi) is 3.97. The van der Waals surface area contributed by atoms with Gasteiger partial charge in [-0.05, 0) is 31.9 Å². The zero-order chi connectivity index (χ0) is 13.8. The molecule has 5 heteroatoms. The van der Waals surface area contributed by atoms with Gasteiger partial charge in [-0.3, -0.25) is 4.79 Å². The molecule has 1 aromatic carbocycles. The third kappa shape index (κ3) is 2.82. The summed E-state index contributed by atoms with van der Waals surface area (Å²) < 4.78 is 0. The van der Waals surface area contributed by atoms with Crippen LogP contribution in [0.5, 0.6) is 0 Å². The Morgan fingerprint density at radius 3 is 2.90 bits per heavy atom. The van der Waals surface area contributed by atoms with Crippen LogP contribution in [-0.2, 0) is 0 Å². The van der Waals surface area contributed by atoms with Crippen molar-refractivity contribution in [1.82, 2.24) is 15.5 Å². The van der Waals surface area contributed by atoms with E-state index in [0.717, 1.165) is 30.7 Å². The molecule has 3 rings (SSSR count). The minimum atomic E-state index is -0.139. The Labute approximate surface area is 117 Å². The van der Waals surface area contributed by atoms with Crippen LogP contribution < -0.4 is 16.2 Å². The van der Waals surface area contributed by atoms with E-state index >= 15 is 0 Å². The van der Waals surface area contributed by atoms with Crippen molar-refractivity contribution in [2.24, 2.45) is 0 Å². The molecule has 1 fully saturated rings. The van der Waals surface area contributed by atoms with Crippen LogP contribution in [0.3, 0.4) is 0 Å². The molecule has 106 valence electrons. The maximum atomic E-state index is 11.7. The highest BCUT2D eigenvalue weighted by molar-refractivity contribution is 5.90. The van der Waals surface area contributed by atoms with Crippen LogP contribution >= 0.6 is 0 Å². The van der Waals surface area contributed by atoms with Crippen molar-refractivity contribution in [2.45, 2.75) is 31.7 Å². The van der Waals surface area contributed by atoms with Crippen molar-refractivity contribution in [3.63, 3.8) is 0 Å². The van der Waals surface area contributed by atoms with Crippen LogP contribution in [0, 0.1) is 0 Å². The van der Waals surface area contributed by atoms with Gasteiger partial charge in [-0.2, -0.15) is 5.10 Å². The van der Waals surface area contributed by atoms with Crippen molar-refractivity contribution in [1.29, 1.82) is 0 Å². The van der Waals surface area contributed by atoms with E-state index in [4.69, 9.17) is 0 Å². The summed E-state index contributed by atoms with van der Waals surface area (Å²) in [6.07, 6.45) is 4.93. The average molecular weight is 272 g/mol. The van der Waals surface area contributed by atoms with Gasteiger partial charge in [-0.15, -0.1) is 0 Å². The Bertz CT molecular complexity index is 631. The molecular formula is C15H20N4O. The quantitative estimate of drug-likeness (QED) is 0.794. The van der Waals surface area contributed by atoms with Crippen molar-refractivity contribution >= 4 is 16.6 Å². The maximum Gasteiger partial charge on any atom is 0.272 e. The number of rotatable bonds is 4. The number of hydrogen-bond donors (Lipinski definition) is 3. The molecule has 1 aliphatic heterocycles. The lowest BCUT2D eigenvalue weighted by atomic mass is 10.0. The highest BCUT2D eigenvalue weighted by atomic mass is 16.1. The van der Waals surface area contributed by atoms with Crippen molar-refractivity contribution < 1.29 is 0 Å². The van der Waals surface area contributed by atoms with Crippen LogP contribution in [0.15, 0.2) is 29.1 Å². The van der Waals surface area contributed by atoms with E-state index < -0.39 is 0 Å². The number of piperidine rings is 1. The predicted molar refractivity (Wildman–Crippen MR) is 81.1 cm³/mol. The first-order chi connectivity index (χ1) is 9.84. The lowest BCUT2D eigenvalue weighted by molar-refractivity contribution is 0.389. The number of H-pyrrole nitrogens is 1. The van der Waals surface area contributed by atoms with Gasteiger partial charge in [0, 0.05) is 18.0 Å². The zero-order valence-corrected chi connectivity index (χ0v) is 11.5. The SMILES string of the molecule is O=c1[nH]nc(NCCC2CCCCN2)c2ccccc12. The number of nitrogens with one attached hydrogen (secondary N) is 3. The minimum Gasteiger partial charge on any atom is -0.368 e. The van der Waals surface area contributed by atoms with Gasteiger partial charge in [0.05, 0.1) is 5.39 Å². The van der Waals surface area contributed by atoms with Crippen molar-refractivity contribution in [2.75, 3.05) is 18.4 Å². The van der Waals surface area contributed by atoms with Crippen molar-refractivity contribution in [3.05, 3.63) is 34.6 Å². The second kappa shape index (κ2) is 6.05. The summed E-state index contributed by atoms with van der Waals surface area (Å²) in [7, 11) is 0. The molecule has 1 aromatic heterocycles. The van der Waals surface area contributed by atoms with Crippen molar-refractivity contribution in [3.8, 4) is 0 Å². The Balaban J connectivity index is 1.68. The zero-order valence-electron chi connectivity index (χ0n) is 11.5. The molecule has 1 atom stereocenters. The summed E-state index contributed by atoms with van der Waals surface area (Å²) in [6, 6.07) is 8.15. The number of aromatic nitrogens is 2. The second-order valence-corrected chi connectivity index (χ2v) is 5.31. The van der Waals surface area contributed by atoms with Gasteiger partial charge in [-0.25, -0.2) is 5.10 Å². The molecule has 2 aromatic rings. The maximum absolute atomic E-state index is 11.7. The van der Waals surface area contributed by atoms with Gasteiger partial charge in [0.2, 0.25) is 0 Å². The first kappa shape index (κ1) is 13.1. The number of benzene rings is 1. The summed E-state index contributed by atoms with van der Waals surface area (Å²) >= 11 is 0. The molecule has 20 heavy (non-hydrogen) atoms. The molecule has 0 radical (unpaired) electrons. The van der Waals surface area contributed by atoms with Gasteiger partial charge in [0.25, 0.3) is 5.56 Å². The fourth-order valence-corrected chi connectivity index (χ4v) is 2.78. The number of fused-ring (bicyclic) bond motifs is 1. The number of aromatic amines is 1. The largest absolute Gasteiger partial charge is 0.368 e. The molecule has 0 amide bonds. The summed E-state index contributed by atoms with van der Waals surface area (Å²) in [6.45, 7) is 1.99. The van der Waals surface area contributed by atoms with E-state index in [1.807, 2.05) is 24.3 Å². The highest BCUT2D eigenvalue weighted by Crippen LogP contribution is 2.17. The standard InChI is InChI=1S/C15H20N4O/c20-15-13-7-2-1-6-12(13)14(18-19-15)17-10-8-11-5-3-4-9-16-11/h1-2,6-7,11,16H,3-5,8-10H2,(H,17,18)(H,19,20). The molecule has 0 spiro atoms. The van der Waals surface area contributed by atoms with Gasteiger partial charge >= 0.3 is 0 Å². The molecule has 0 saturated carbocycles. The predicted octanol–water partition coefficient (Wildman–Crippen LogP) is 1.87. The van der Waals surface area contributed by atoms with Crippen LogP contribution in [0.25, 0.3) is 10.8 Å². The molecule has 1 unspecified atom stereocenters. The molecular weight excluding hydrogens is 252 g/mol. The Morgan fingerprint density at radius 2 is 2.10 bits per heavy atom. The minimum absolute atomic E-state index is 0.139. The smallest absolute Gasteiger partial charge is 0.272 e. The van der Waals surface area contributed by atoms with Crippen LogP contribution in [-0.4, -0.2) is 29.3 Å². The third-order valence-corrected chi connectivity index (χ3v) is 3.89. The van der Waals surface area contributed by atoms with E-state index in [9.17, 15) is 4.79 Å². The molecule has 0 bridgehead atoms. The molecule has 0 aliphatic carbocycles. The highest BCUT2D eigenvalue weighted by Gasteiger charge is 2.12. The van der Waals surface area contributed by atoms with Crippen LogP contribution in [0.1, 0.15) is 25.7 Å². The van der Waals surface area contributed by atoms with Crippen LogP contribution in [0.4, 0.5) is 5.82 Å².